The van der Waals surface area contributed by atoms with Crippen molar-refractivity contribution in [3.8, 4) is 0 Å². The molecule has 0 spiro atoms. The van der Waals surface area contributed by atoms with Crippen molar-refractivity contribution in [2.75, 3.05) is 46.2 Å². The van der Waals surface area contributed by atoms with Crippen LogP contribution in [0.2, 0.25) is 0 Å². The van der Waals surface area contributed by atoms with Gasteiger partial charge in [-0.3, -0.25) is 0 Å². The Hall–Kier alpha value is -0.280. The lowest BCUT2D eigenvalue weighted by Crippen LogP contribution is -2.48. The van der Waals surface area contributed by atoms with E-state index in [1.54, 1.807) is 0 Å². The van der Waals surface area contributed by atoms with Crippen LogP contribution in [0.5, 0.6) is 0 Å². The number of ether oxygens (including phenoxy) is 3. The molecule has 0 aromatic carbocycles. The molecule has 15 heavy (non-hydrogen) atoms. The fourth-order valence-corrected chi connectivity index (χ4v) is 0.905. The lowest BCUT2D eigenvalue weighted by molar-refractivity contribution is -0.377. The van der Waals surface area contributed by atoms with Crippen molar-refractivity contribution in [1.29, 1.82) is 0 Å². The van der Waals surface area contributed by atoms with Gasteiger partial charge in [0.2, 0.25) is 0 Å². The summed E-state index contributed by atoms with van der Waals surface area (Å²) in [5.74, 6) is -1.51. The van der Waals surface area contributed by atoms with E-state index in [1.807, 2.05) is 0 Å². The van der Waals surface area contributed by atoms with E-state index in [9.17, 15) is 0 Å². The molecule has 92 valence electrons. The van der Waals surface area contributed by atoms with Crippen molar-refractivity contribution in [3.05, 3.63) is 0 Å². The molecule has 7 heteroatoms. The molecule has 0 saturated carbocycles. The van der Waals surface area contributed by atoms with Crippen molar-refractivity contribution in [3.63, 3.8) is 0 Å². The molecule has 0 bridgehead atoms. The van der Waals surface area contributed by atoms with Gasteiger partial charge in [-0.05, 0) is 0 Å². The number of hydrogen-bond donors (Lipinski definition) is 4. The van der Waals surface area contributed by atoms with E-state index < -0.39 is 5.97 Å². The smallest absolute Gasteiger partial charge is 0.296 e. The van der Waals surface area contributed by atoms with Gasteiger partial charge in [0.05, 0.1) is 46.2 Å². The largest absolute Gasteiger partial charge is 0.394 e. The number of rotatable bonds is 10. The maximum Gasteiger partial charge on any atom is 0.296 e. The van der Waals surface area contributed by atoms with Crippen LogP contribution in [0.25, 0.3) is 0 Å². The summed E-state index contributed by atoms with van der Waals surface area (Å²) in [7, 11) is 0. The Balaban J connectivity index is 4.16. The van der Waals surface area contributed by atoms with Crippen LogP contribution in [0, 0.1) is 0 Å². The van der Waals surface area contributed by atoms with Gasteiger partial charge in [0.25, 0.3) is 5.97 Å². The second-order valence-corrected chi connectivity index (χ2v) is 2.60. The van der Waals surface area contributed by atoms with Crippen LogP contribution in [-0.2, 0) is 14.2 Å². The van der Waals surface area contributed by atoms with Crippen LogP contribution in [0.3, 0.4) is 0 Å². The number of aliphatic hydroxyl groups excluding tert-OH is 3. The zero-order valence-electron chi connectivity index (χ0n) is 8.59. The summed E-state index contributed by atoms with van der Waals surface area (Å²) in [6.45, 7) is -0.727. The molecular weight excluding hydrogens is 206 g/mol. The molecule has 5 N–H and O–H groups in total. The molecule has 7 nitrogen and oxygen atoms in total. The molecule has 0 unspecified atom stereocenters. The number of nitrogens with two attached hydrogens (primary N) is 1. The minimum absolute atomic E-state index is 0.00590. The zero-order valence-corrected chi connectivity index (χ0v) is 8.59. The van der Waals surface area contributed by atoms with Crippen LogP contribution in [0.4, 0.5) is 0 Å². The summed E-state index contributed by atoms with van der Waals surface area (Å²) in [6, 6.07) is 0. The van der Waals surface area contributed by atoms with Crippen LogP contribution in [0.15, 0.2) is 0 Å². The van der Waals surface area contributed by atoms with Crippen molar-refractivity contribution >= 4 is 0 Å². The first-order chi connectivity index (χ1) is 7.24. The van der Waals surface area contributed by atoms with E-state index in [0.717, 1.165) is 0 Å². The van der Waals surface area contributed by atoms with Crippen LogP contribution in [0.1, 0.15) is 0 Å². The summed E-state index contributed by atoms with van der Waals surface area (Å²) in [5.41, 5.74) is 5.41. The fourth-order valence-electron chi connectivity index (χ4n) is 0.905. The SMILES string of the molecule is NCC(OCCO)(OCCO)OCCO. The number of hydrogen-bond acceptors (Lipinski definition) is 7. The lowest BCUT2D eigenvalue weighted by atomic mass is 10.5. The van der Waals surface area contributed by atoms with E-state index in [2.05, 4.69) is 0 Å². The minimum Gasteiger partial charge on any atom is -0.394 e. The van der Waals surface area contributed by atoms with Gasteiger partial charge in [-0.2, -0.15) is 0 Å². The summed E-state index contributed by atoms with van der Waals surface area (Å²) in [5, 5.41) is 25.8. The van der Waals surface area contributed by atoms with Crippen molar-refractivity contribution < 1.29 is 29.5 Å². The van der Waals surface area contributed by atoms with Gasteiger partial charge in [-0.15, -0.1) is 0 Å². The Kier molecular flexibility index (Phi) is 8.82. The molecule has 0 fully saturated rings. The van der Waals surface area contributed by atoms with E-state index in [4.69, 9.17) is 35.3 Å². The minimum atomic E-state index is -1.51. The first-order valence-electron chi connectivity index (χ1n) is 4.69. The number of aliphatic hydroxyl groups is 3. The molecule has 0 aliphatic carbocycles. The Morgan fingerprint density at radius 3 is 1.33 bits per heavy atom. The normalized spacial score (nSPS) is 12.0. The molecule has 0 aliphatic rings. The van der Waals surface area contributed by atoms with Gasteiger partial charge in [0.15, 0.2) is 0 Å². The predicted molar refractivity (Wildman–Crippen MR) is 50.9 cm³/mol. The van der Waals surface area contributed by atoms with Gasteiger partial charge >= 0.3 is 0 Å². The van der Waals surface area contributed by atoms with E-state index >= 15 is 0 Å². The fraction of sp³-hybridized carbons (Fsp3) is 1.00. The monoisotopic (exact) mass is 225 g/mol. The van der Waals surface area contributed by atoms with E-state index in [1.165, 1.54) is 0 Å². The van der Waals surface area contributed by atoms with Gasteiger partial charge in [0, 0.05) is 0 Å². The molecule has 0 radical (unpaired) electrons. The Labute approximate surface area is 88.4 Å². The van der Waals surface area contributed by atoms with Crippen molar-refractivity contribution in [2.24, 2.45) is 5.73 Å². The van der Waals surface area contributed by atoms with Gasteiger partial charge in [-0.1, -0.05) is 0 Å². The highest BCUT2D eigenvalue weighted by atomic mass is 16.9. The molecule has 0 heterocycles. The molecule has 0 saturated heterocycles. The van der Waals surface area contributed by atoms with E-state index in [-0.39, 0.29) is 46.2 Å². The summed E-state index contributed by atoms with van der Waals surface area (Å²) in [4.78, 5) is 0. The maximum atomic E-state index is 8.60. The van der Waals surface area contributed by atoms with Crippen LogP contribution in [-0.4, -0.2) is 67.5 Å². The van der Waals surface area contributed by atoms with Gasteiger partial charge in [0.1, 0.15) is 0 Å². The summed E-state index contributed by atoms with van der Waals surface area (Å²) >= 11 is 0. The summed E-state index contributed by atoms with van der Waals surface area (Å²) < 4.78 is 15.3. The first kappa shape index (κ1) is 14.7. The molecule has 0 rings (SSSR count). The molecule has 0 aromatic heterocycles. The zero-order chi connectivity index (χ0) is 11.6. The Morgan fingerprint density at radius 2 is 1.13 bits per heavy atom. The van der Waals surface area contributed by atoms with Gasteiger partial charge in [-0.25, -0.2) is 0 Å². The highest BCUT2D eigenvalue weighted by Gasteiger charge is 2.31. The van der Waals surface area contributed by atoms with Crippen LogP contribution < -0.4 is 5.73 Å². The third-order valence-corrected chi connectivity index (χ3v) is 1.49. The third kappa shape index (κ3) is 6.00. The molecule has 0 amide bonds. The molecule has 0 aromatic rings. The molecular formula is C8H19NO6. The molecule has 0 aliphatic heterocycles. The molecule has 0 atom stereocenters. The second-order valence-electron chi connectivity index (χ2n) is 2.60. The van der Waals surface area contributed by atoms with Gasteiger partial charge < -0.3 is 35.3 Å². The van der Waals surface area contributed by atoms with E-state index in [0.29, 0.717) is 0 Å². The second kappa shape index (κ2) is 8.98. The Bertz CT molecular complexity index is 123. The maximum absolute atomic E-state index is 8.60. The van der Waals surface area contributed by atoms with Crippen LogP contribution >= 0.6 is 0 Å². The highest BCUT2D eigenvalue weighted by molar-refractivity contribution is 4.59. The first-order valence-corrected chi connectivity index (χ1v) is 4.69. The standard InChI is InChI=1S/C8H19NO6/c9-7-8(13-4-1-10,14-5-2-11)15-6-3-12/h10-12H,1-7,9H2. The van der Waals surface area contributed by atoms with Crippen molar-refractivity contribution in [2.45, 2.75) is 5.97 Å². The Morgan fingerprint density at radius 1 is 0.800 bits per heavy atom. The lowest BCUT2D eigenvalue weighted by Gasteiger charge is -2.31. The topological polar surface area (TPSA) is 114 Å². The van der Waals surface area contributed by atoms with Crippen molar-refractivity contribution in [1.82, 2.24) is 0 Å². The summed E-state index contributed by atoms with van der Waals surface area (Å²) in [6.07, 6.45) is 0. The average molecular weight is 225 g/mol. The highest BCUT2D eigenvalue weighted by Crippen LogP contribution is 2.13. The third-order valence-electron chi connectivity index (χ3n) is 1.49. The predicted octanol–water partition coefficient (Wildman–Crippen LogP) is -2.37. The quantitative estimate of drug-likeness (QED) is 0.307. The average Bonchev–Trinajstić information content (AvgIpc) is 2.29.